The summed E-state index contributed by atoms with van der Waals surface area (Å²) in [5.74, 6) is 0.217. The van der Waals surface area contributed by atoms with Crippen LogP contribution >= 0.6 is 0 Å². The minimum atomic E-state index is -0.219. The van der Waals surface area contributed by atoms with Gasteiger partial charge in [-0.2, -0.15) is 5.10 Å². The number of para-hydroxylation sites is 1. The van der Waals surface area contributed by atoms with Crippen molar-refractivity contribution < 1.29 is 9.18 Å². The highest BCUT2D eigenvalue weighted by Gasteiger charge is 2.31. The van der Waals surface area contributed by atoms with Gasteiger partial charge in [0.1, 0.15) is 5.82 Å². The van der Waals surface area contributed by atoms with Gasteiger partial charge >= 0.3 is 0 Å². The molecule has 5 rings (SSSR count). The molecule has 7 heteroatoms. The van der Waals surface area contributed by atoms with E-state index in [0.29, 0.717) is 36.8 Å². The first kappa shape index (κ1) is 28.3. The maximum atomic E-state index is 14.0. The van der Waals surface area contributed by atoms with Crippen LogP contribution < -0.4 is 4.90 Å². The lowest BCUT2D eigenvalue weighted by molar-refractivity contribution is 0.0679. The van der Waals surface area contributed by atoms with Crippen molar-refractivity contribution in [1.82, 2.24) is 14.7 Å². The van der Waals surface area contributed by atoms with Crippen molar-refractivity contribution in [3.8, 4) is 0 Å². The van der Waals surface area contributed by atoms with Gasteiger partial charge in [-0.25, -0.2) is 4.39 Å². The quantitative estimate of drug-likeness (QED) is 0.253. The van der Waals surface area contributed by atoms with Crippen molar-refractivity contribution in [2.24, 2.45) is 13.0 Å². The van der Waals surface area contributed by atoms with Crippen LogP contribution in [-0.2, 0) is 13.6 Å². The summed E-state index contributed by atoms with van der Waals surface area (Å²) in [6.45, 7) is 8.34. The lowest BCUT2D eigenvalue weighted by atomic mass is 9.88. The third-order valence-corrected chi connectivity index (χ3v) is 8.40. The number of benzene rings is 3. The molecule has 0 bridgehead atoms. The summed E-state index contributed by atoms with van der Waals surface area (Å²) < 4.78 is 15.7. The van der Waals surface area contributed by atoms with Crippen LogP contribution in [0.4, 0.5) is 10.1 Å². The first-order valence-electron chi connectivity index (χ1n) is 14.3. The Bertz CT molecular complexity index is 1550. The number of nitrogens with one attached hydrogen (secondary N) is 1. The van der Waals surface area contributed by atoms with Gasteiger partial charge in [-0.15, -0.1) is 0 Å². The Kier molecular flexibility index (Phi) is 8.34. The van der Waals surface area contributed by atoms with Gasteiger partial charge in [0.15, 0.2) is 0 Å². The van der Waals surface area contributed by atoms with E-state index in [-0.39, 0.29) is 17.8 Å². The number of amides is 1. The molecule has 41 heavy (non-hydrogen) atoms. The van der Waals surface area contributed by atoms with Crippen LogP contribution in [-0.4, -0.2) is 45.4 Å². The molecule has 0 saturated carbocycles. The standard InChI is InChI=1S/C34H38FN5O/c1-23-8-5-6-11-32(23)40(21-26-9-7-10-30(35)19-26)25(3)27-14-16-39(17-15-27)34(41)28-12-13-31(24(2)18-28)33(36)29-20-37-38(4)22-29/h5-13,18-20,22,25,27,36H,14-17,21H2,1-4H3. The zero-order valence-electron chi connectivity index (χ0n) is 24.3. The number of likely N-dealkylation sites (tertiary alicyclic amines) is 1. The summed E-state index contributed by atoms with van der Waals surface area (Å²) in [7, 11) is 1.83. The minimum Gasteiger partial charge on any atom is -0.364 e. The number of hydrogen-bond acceptors (Lipinski definition) is 4. The predicted octanol–water partition coefficient (Wildman–Crippen LogP) is 6.54. The third kappa shape index (κ3) is 6.24. The summed E-state index contributed by atoms with van der Waals surface area (Å²) >= 11 is 0. The largest absolute Gasteiger partial charge is 0.364 e. The monoisotopic (exact) mass is 551 g/mol. The molecule has 1 amide bonds. The average Bonchev–Trinajstić information content (AvgIpc) is 3.41. The van der Waals surface area contributed by atoms with Crippen LogP contribution in [0.3, 0.4) is 0 Å². The summed E-state index contributed by atoms with van der Waals surface area (Å²) in [5, 5.41) is 12.8. The number of rotatable bonds is 8. The zero-order chi connectivity index (χ0) is 29.1. The second-order valence-corrected chi connectivity index (χ2v) is 11.2. The molecule has 1 aliphatic heterocycles. The molecule has 212 valence electrons. The molecule has 1 saturated heterocycles. The van der Waals surface area contributed by atoms with Crippen molar-refractivity contribution in [2.75, 3.05) is 18.0 Å². The Hall–Kier alpha value is -4.26. The van der Waals surface area contributed by atoms with Gasteiger partial charge in [-0.1, -0.05) is 36.4 Å². The SMILES string of the molecule is Cc1cc(C(=O)N2CCC(C(C)N(Cc3cccc(F)c3)c3ccccc3C)CC2)ccc1C(=N)c1cnn(C)c1. The predicted molar refractivity (Wildman–Crippen MR) is 162 cm³/mol. The number of carbonyl (C=O) groups is 1. The number of anilines is 1. The van der Waals surface area contributed by atoms with E-state index >= 15 is 0 Å². The van der Waals surface area contributed by atoms with Crippen LogP contribution in [0.25, 0.3) is 0 Å². The molecule has 6 nitrogen and oxygen atoms in total. The molecule has 1 aliphatic rings. The lowest BCUT2D eigenvalue weighted by Gasteiger charge is -2.41. The molecule has 3 aromatic carbocycles. The highest BCUT2D eigenvalue weighted by atomic mass is 19.1. The lowest BCUT2D eigenvalue weighted by Crippen LogP contribution is -2.46. The van der Waals surface area contributed by atoms with E-state index in [1.165, 1.54) is 11.6 Å². The van der Waals surface area contributed by atoms with Crippen molar-refractivity contribution in [1.29, 1.82) is 5.41 Å². The zero-order valence-corrected chi connectivity index (χ0v) is 24.3. The van der Waals surface area contributed by atoms with Crippen LogP contribution in [0.2, 0.25) is 0 Å². The number of hydrogen-bond donors (Lipinski definition) is 1. The summed E-state index contributed by atoms with van der Waals surface area (Å²) in [4.78, 5) is 17.8. The molecule has 0 radical (unpaired) electrons. The fraction of sp³-hybridized carbons (Fsp3) is 0.324. The van der Waals surface area contributed by atoms with Crippen molar-refractivity contribution in [2.45, 2.75) is 46.2 Å². The second-order valence-electron chi connectivity index (χ2n) is 11.2. The van der Waals surface area contributed by atoms with Gasteiger partial charge in [-0.05, 0) is 86.6 Å². The van der Waals surface area contributed by atoms with Gasteiger partial charge in [0.2, 0.25) is 0 Å². The second kappa shape index (κ2) is 12.1. The number of aryl methyl sites for hydroxylation is 3. The fourth-order valence-corrected chi connectivity index (χ4v) is 5.97. The van der Waals surface area contributed by atoms with Crippen molar-refractivity contribution in [3.63, 3.8) is 0 Å². The molecule has 2 heterocycles. The molecular weight excluding hydrogens is 513 g/mol. The third-order valence-electron chi connectivity index (χ3n) is 8.40. The first-order chi connectivity index (χ1) is 19.7. The molecule has 1 N–H and O–H groups in total. The van der Waals surface area contributed by atoms with E-state index in [0.717, 1.165) is 40.8 Å². The van der Waals surface area contributed by atoms with Gasteiger partial charge in [0, 0.05) is 61.3 Å². The van der Waals surface area contributed by atoms with Crippen LogP contribution in [0.1, 0.15) is 57.9 Å². The maximum Gasteiger partial charge on any atom is 0.253 e. The summed E-state index contributed by atoms with van der Waals surface area (Å²) in [6.07, 6.45) is 5.32. The maximum absolute atomic E-state index is 14.0. The Balaban J connectivity index is 1.27. The Labute approximate surface area is 241 Å². The van der Waals surface area contributed by atoms with Gasteiger partial charge in [0.25, 0.3) is 5.91 Å². The van der Waals surface area contributed by atoms with Crippen LogP contribution in [0.15, 0.2) is 79.1 Å². The highest BCUT2D eigenvalue weighted by Crippen LogP contribution is 2.32. The van der Waals surface area contributed by atoms with Gasteiger partial charge in [0.05, 0.1) is 11.9 Å². The molecular formula is C34H38FN5O. The summed E-state index contributed by atoms with van der Waals surface area (Å²) in [6, 6.07) is 21.0. The molecule has 4 aromatic rings. The Morgan fingerprint density at radius 2 is 1.78 bits per heavy atom. The van der Waals surface area contributed by atoms with E-state index in [2.05, 4.69) is 42.0 Å². The normalized spacial score (nSPS) is 14.6. The minimum absolute atomic E-state index is 0.0363. The number of aromatic nitrogens is 2. The van der Waals surface area contributed by atoms with Gasteiger partial charge < -0.3 is 9.80 Å². The fourth-order valence-electron chi connectivity index (χ4n) is 5.97. The number of nitrogens with zero attached hydrogens (tertiary/aromatic N) is 4. The Morgan fingerprint density at radius 3 is 2.44 bits per heavy atom. The summed E-state index contributed by atoms with van der Waals surface area (Å²) in [5.41, 5.74) is 6.82. The van der Waals surface area contributed by atoms with E-state index < -0.39 is 0 Å². The van der Waals surface area contributed by atoms with Crippen LogP contribution in [0, 0.1) is 31.0 Å². The molecule has 0 aliphatic carbocycles. The number of piperidine rings is 1. The molecule has 1 atom stereocenters. The van der Waals surface area contributed by atoms with E-state index in [1.54, 1.807) is 23.0 Å². The Morgan fingerprint density at radius 1 is 1.02 bits per heavy atom. The van der Waals surface area contributed by atoms with Crippen LogP contribution in [0.5, 0.6) is 0 Å². The van der Waals surface area contributed by atoms with Crippen molar-refractivity contribution >= 4 is 17.3 Å². The highest BCUT2D eigenvalue weighted by molar-refractivity contribution is 6.12. The number of halogens is 1. The van der Waals surface area contributed by atoms with Crippen molar-refractivity contribution in [3.05, 3.63) is 118 Å². The smallest absolute Gasteiger partial charge is 0.253 e. The first-order valence-corrected chi connectivity index (χ1v) is 14.3. The number of carbonyl (C=O) groups excluding carboxylic acids is 1. The topological polar surface area (TPSA) is 65.2 Å². The molecule has 1 unspecified atom stereocenters. The molecule has 0 spiro atoms. The van der Waals surface area contributed by atoms with Gasteiger partial charge in [-0.3, -0.25) is 14.9 Å². The average molecular weight is 552 g/mol. The van der Waals surface area contributed by atoms with E-state index in [1.807, 2.05) is 55.4 Å². The van der Waals surface area contributed by atoms with E-state index in [9.17, 15) is 9.18 Å². The van der Waals surface area contributed by atoms with E-state index in [4.69, 9.17) is 5.41 Å². The molecule has 1 fully saturated rings. The molecule has 1 aromatic heterocycles.